The summed E-state index contributed by atoms with van der Waals surface area (Å²) in [5.74, 6) is -1.23. The SMILES string of the molecule is Cc1c(NC(=O)c2ccccc2)cccc1NC(=O)c1ccc(F)cc1Cl. The molecule has 0 aromatic heterocycles. The highest BCUT2D eigenvalue weighted by molar-refractivity contribution is 6.34. The van der Waals surface area contributed by atoms with Crippen LogP contribution in [0.15, 0.2) is 66.7 Å². The van der Waals surface area contributed by atoms with Gasteiger partial charge < -0.3 is 10.6 Å². The molecule has 4 nitrogen and oxygen atoms in total. The van der Waals surface area contributed by atoms with Crippen LogP contribution in [0.3, 0.4) is 0 Å². The molecule has 0 fully saturated rings. The molecular formula is C21H16ClFN2O2. The molecule has 3 aromatic rings. The molecule has 0 bridgehead atoms. The molecule has 0 atom stereocenters. The van der Waals surface area contributed by atoms with Crippen LogP contribution in [-0.2, 0) is 0 Å². The minimum atomic E-state index is -0.515. The van der Waals surface area contributed by atoms with Gasteiger partial charge in [-0.3, -0.25) is 9.59 Å². The van der Waals surface area contributed by atoms with E-state index >= 15 is 0 Å². The quantitative estimate of drug-likeness (QED) is 0.644. The lowest BCUT2D eigenvalue weighted by Gasteiger charge is -2.14. The van der Waals surface area contributed by atoms with E-state index in [1.54, 1.807) is 49.4 Å². The summed E-state index contributed by atoms with van der Waals surface area (Å²) in [7, 11) is 0. The molecule has 0 spiro atoms. The highest BCUT2D eigenvalue weighted by atomic mass is 35.5. The van der Waals surface area contributed by atoms with Gasteiger partial charge in [0, 0.05) is 16.9 Å². The van der Waals surface area contributed by atoms with Crippen LogP contribution in [0.4, 0.5) is 15.8 Å². The van der Waals surface area contributed by atoms with Crippen molar-refractivity contribution in [2.45, 2.75) is 6.92 Å². The first-order chi connectivity index (χ1) is 13.0. The minimum absolute atomic E-state index is 0.0266. The van der Waals surface area contributed by atoms with Crippen LogP contribution in [0.1, 0.15) is 26.3 Å². The van der Waals surface area contributed by atoms with Crippen molar-refractivity contribution in [2.24, 2.45) is 0 Å². The molecule has 3 aromatic carbocycles. The van der Waals surface area contributed by atoms with Gasteiger partial charge in [0.15, 0.2) is 0 Å². The van der Waals surface area contributed by atoms with Crippen molar-refractivity contribution in [3.63, 3.8) is 0 Å². The van der Waals surface area contributed by atoms with Gasteiger partial charge in [-0.2, -0.15) is 0 Å². The second-order valence-electron chi connectivity index (χ2n) is 5.88. The molecule has 0 aliphatic carbocycles. The molecule has 2 amide bonds. The number of carbonyl (C=O) groups is 2. The topological polar surface area (TPSA) is 58.2 Å². The molecule has 0 aliphatic heterocycles. The van der Waals surface area contributed by atoms with E-state index in [1.807, 2.05) is 6.07 Å². The summed E-state index contributed by atoms with van der Waals surface area (Å²) in [6.45, 7) is 1.78. The van der Waals surface area contributed by atoms with E-state index in [0.717, 1.165) is 6.07 Å². The van der Waals surface area contributed by atoms with Gasteiger partial charge in [0.2, 0.25) is 0 Å². The maximum absolute atomic E-state index is 13.2. The van der Waals surface area contributed by atoms with E-state index in [0.29, 0.717) is 22.5 Å². The lowest BCUT2D eigenvalue weighted by Crippen LogP contribution is -2.16. The third-order valence-corrected chi connectivity index (χ3v) is 4.35. The number of amides is 2. The molecule has 136 valence electrons. The van der Waals surface area contributed by atoms with E-state index in [4.69, 9.17) is 11.6 Å². The van der Waals surface area contributed by atoms with E-state index in [2.05, 4.69) is 10.6 Å². The highest BCUT2D eigenvalue weighted by Gasteiger charge is 2.14. The van der Waals surface area contributed by atoms with Gasteiger partial charge in [0.25, 0.3) is 11.8 Å². The van der Waals surface area contributed by atoms with Crippen molar-refractivity contribution < 1.29 is 14.0 Å². The van der Waals surface area contributed by atoms with Crippen molar-refractivity contribution in [3.8, 4) is 0 Å². The van der Waals surface area contributed by atoms with Gasteiger partial charge in [0.05, 0.1) is 10.6 Å². The second kappa shape index (κ2) is 8.01. The summed E-state index contributed by atoms with van der Waals surface area (Å²) in [6.07, 6.45) is 0. The summed E-state index contributed by atoms with van der Waals surface area (Å²) < 4.78 is 13.2. The third kappa shape index (κ3) is 4.33. The predicted octanol–water partition coefficient (Wildman–Crippen LogP) is 5.29. The second-order valence-corrected chi connectivity index (χ2v) is 6.28. The first-order valence-electron chi connectivity index (χ1n) is 8.18. The van der Waals surface area contributed by atoms with E-state index in [-0.39, 0.29) is 16.5 Å². The molecule has 0 saturated heterocycles. The molecule has 0 saturated carbocycles. The van der Waals surface area contributed by atoms with Crippen molar-refractivity contribution in [3.05, 3.63) is 94.3 Å². The van der Waals surface area contributed by atoms with Crippen LogP contribution >= 0.6 is 11.6 Å². The zero-order valence-corrected chi connectivity index (χ0v) is 15.2. The number of carbonyl (C=O) groups excluding carboxylic acids is 2. The molecule has 6 heteroatoms. The number of anilines is 2. The lowest BCUT2D eigenvalue weighted by molar-refractivity contribution is 0.101. The van der Waals surface area contributed by atoms with Crippen LogP contribution in [0.25, 0.3) is 0 Å². The van der Waals surface area contributed by atoms with Gasteiger partial charge in [-0.25, -0.2) is 4.39 Å². The summed E-state index contributed by atoms with van der Waals surface area (Å²) >= 11 is 5.94. The van der Waals surface area contributed by atoms with E-state index in [9.17, 15) is 14.0 Å². The zero-order valence-electron chi connectivity index (χ0n) is 14.4. The maximum atomic E-state index is 13.2. The van der Waals surface area contributed by atoms with Crippen LogP contribution in [0.2, 0.25) is 5.02 Å². The van der Waals surface area contributed by atoms with Crippen LogP contribution in [-0.4, -0.2) is 11.8 Å². The number of hydrogen-bond donors (Lipinski definition) is 2. The van der Waals surface area contributed by atoms with Crippen molar-refractivity contribution in [1.29, 1.82) is 0 Å². The molecule has 0 radical (unpaired) electrons. The predicted molar refractivity (Wildman–Crippen MR) is 105 cm³/mol. The summed E-state index contributed by atoms with van der Waals surface area (Å²) in [5, 5.41) is 5.60. The standard InChI is InChI=1S/C21H16ClFN2O2/c1-13-18(24-20(26)14-6-3-2-4-7-14)8-5-9-19(13)25-21(27)16-11-10-15(23)12-17(16)22/h2-12H,1H3,(H,24,26)(H,25,27). The fraction of sp³-hybridized carbons (Fsp3) is 0.0476. The van der Waals surface area contributed by atoms with E-state index in [1.165, 1.54) is 12.1 Å². The largest absolute Gasteiger partial charge is 0.322 e. The number of hydrogen-bond acceptors (Lipinski definition) is 2. The van der Waals surface area contributed by atoms with Gasteiger partial charge in [0.1, 0.15) is 5.82 Å². The first-order valence-corrected chi connectivity index (χ1v) is 8.56. The fourth-order valence-electron chi connectivity index (χ4n) is 2.55. The Balaban J connectivity index is 1.80. The zero-order chi connectivity index (χ0) is 19.4. The maximum Gasteiger partial charge on any atom is 0.257 e. The molecule has 0 unspecified atom stereocenters. The van der Waals surface area contributed by atoms with Crippen LogP contribution < -0.4 is 10.6 Å². The molecule has 27 heavy (non-hydrogen) atoms. The highest BCUT2D eigenvalue weighted by Crippen LogP contribution is 2.25. The Bertz CT molecular complexity index is 1010. The average Bonchev–Trinajstić information content (AvgIpc) is 2.65. The average molecular weight is 383 g/mol. The molecular weight excluding hydrogens is 367 g/mol. The molecule has 0 aliphatic rings. The first kappa shape index (κ1) is 18.6. The Hall–Kier alpha value is -3.18. The van der Waals surface area contributed by atoms with Crippen molar-refractivity contribution in [2.75, 3.05) is 10.6 Å². The number of nitrogens with one attached hydrogen (secondary N) is 2. The van der Waals surface area contributed by atoms with Crippen molar-refractivity contribution >= 4 is 34.8 Å². The van der Waals surface area contributed by atoms with Crippen LogP contribution in [0, 0.1) is 12.7 Å². The summed E-state index contributed by atoms with van der Waals surface area (Å²) in [4.78, 5) is 24.8. The number of rotatable bonds is 4. The van der Waals surface area contributed by atoms with Crippen molar-refractivity contribution in [1.82, 2.24) is 0 Å². The molecule has 2 N–H and O–H groups in total. The van der Waals surface area contributed by atoms with Gasteiger partial charge in [-0.05, 0) is 55.0 Å². The van der Waals surface area contributed by atoms with Gasteiger partial charge >= 0.3 is 0 Å². The van der Waals surface area contributed by atoms with Gasteiger partial charge in [-0.1, -0.05) is 35.9 Å². The third-order valence-electron chi connectivity index (χ3n) is 4.04. The monoisotopic (exact) mass is 382 g/mol. The smallest absolute Gasteiger partial charge is 0.257 e. The summed E-state index contributed by atoms with van der Waals surface area (Å²) in [6, 6.07) is 17.6. The normalized spacial score (nSPS) is 10.3. The van der Waals surface area contributed by atoms with Crippen LogP contribution in [0.5, 0.6) is 0 Å². The molecule has 0 heterocycles. The fourth-order valence-corrected chi connectivity index (χ4v) is 2.81. The Morgan fingerprint density at radius 2 is 1.48 bits per heavy atom. The van der Waals surface area contributed by atoms with Gasteiger partial charge in [-0.15, -0.1) is 0 Å². The Morgan fingerprint density at radius 1 is 0.852 bits per heavy atom. The van der Waals surface area contributed by atoms with E-state index < -0.39 is 11.7 Å². The Morgan fingerprint density at radius 3 is 2.11 bits per heavy atom. The minimum Gasteiger partial charge on any atom is -0.322 e. The summed E-state index contributed by atoms with van der Waals surface area (Å²) in [5.41, 5.74) is 2.48. The molecule has 3 rings (SSSR count). The number of halogens is 2. The lowest BCUT2D eigenvalue weighted by atomic mass is 10.1. The Kier molecular flexibility index (Phi) is 5.52. The number of benzene rings is 3. The Labute approximate surface area is 161 Å².